The topological polar surface area (TPSA) is 26.0 Å². The number of thiophene rings is 1. The standard InChI is InChI=1S/C11H16ClNS/c1-7(5-6-13)11-10(12)8-3-2-4-9(8)14-11/h7H,2-6,13H2,1H3. The number of hydrogen-bond acceptors (Lipinski definition) is 2. The van der Waals surface area contributed by atoms with Crippen molar-refractivity contribution in [2.24, 2.45) is 5.73 Å². The molecule has 1 aliphatic rings. The summed E-state index contributed by atoms with van der Waals surface area (Å²) in [5.74, 6) is 0.531. The van der Waals surface area contributed by atoms with Gasteiger partial charge in [0.15, 0.2) is 0 Å². The Labute approximate surface area is 94.3 Å². The molecule has 14 heavy (non-hydrogen) atoms. The molecule has 1 unspecified atom stereocenters. The van der Waals surface area contributed by atoms with Crippen LogP contribution in [0.1, 0.15) is 41.0 Å². The summed E-state index contributed by atoms with van der Waals surface area (Å²) in [5.41, 5.74) is 7.00. The molecule has 0 bridgehead atoms. The van der Waals surface area contributed by atoms with Gasteiger partial charge in [-0.3, -0.25) is 0 Å². The number of hydrogen-bond donors (Lipinski definition) is 1. The van der Waals surface area contributed by atoms with Gasteiger partial charge in [-0.15, -0.1) is 11.3 Å². The fourth-order valence-corrected chi connectivity index (χ4v) is 4.02. The van der Waals surface area contributed by atoms with Crippen molar-refractivity contribution >= 4 is 22.9 Å². The van der Waals surface area contributed by atoms with Gasteiger partial charge in [-0.1, -0.05) is 18.5 Å². The van der Waals surface area contributed by atoms with Crippen molar-refractivity contribution in [3.63, 3.8) is 0 Å². The van der Waals surface area contributed by atoms with E-state index < -0.39 is 0 Å². The molecule has 0 saturated carbocycles. The molecule has 0 saturated heterocycles. The van der Waals surface area contributed by atoms with Gasteiger partial charge in [-0.2, -0.15) is 0 Å². The highest BCUT2D eigenvalue weighted by molar-refractivity contribution is 7.13. The van der Waals surface area contributed by atoms with E-state index in [2.05, 4.69) is 6.92 Å². The maximum absolute atomic E-state index is 6.37. The van der Waals surface area contributed by atoms with E-state index >= 15 is 0 Å². The third kappa shape index (κ3) is 1.71. The molecule has 1 atom stereocenters. The lowest BCUT2D eigenvalue weighted by Gasteiger charge is -2.08. The van der Waals surface area contributed by atoms with Gasteiger partial charge in [-0.05, 0) is 43.7 Å². The zero-order chi connectivity index (χ0) is 10.1. The fraction of sp³-hybridized carbons (Fsp3) is 0.636. The molecule has 1 aromatic rings. The molecule has 78 valence electrons. The molecular formula is C11H16ClNS. The van der Waals surface area contributed by atoms with Crippen LogP contribution in [0.3, 0.4) is 0 Å². The van der Waals surface area contributed by atoms with E-state index in [0.717, 1.165) is 18.0 Å². The van der Waals surface area contributed by atoms with Gasteiger partial charge in [0.25, 0.3) is 0 Å². The maximum Gasteiger partial charge on any atom is 0.0582 e. The first-order valence-corrected chi connectivity index (χ1v) is 6.43. The first-order chi connectivity index (χ1) is 6.74. The number of aryl methyl sites for hydroxylation is 1. The molecule has 0 amide bonds. The SMILES string of the molecule is CC(CCN)c1sc2c(c1Cl)CCC2. The summed E-state index contributed by atoms with van der Waals surface area (Å²) < 4.78 is 0. The minimum absolute atomic E-state index is 0.531. The third-order valence-corrected chi connectivity index (χ3v) is 5.00. The van der Waals surface area contributed by atoms with E-state index in [0.29, 0.717) is 5.92 Å². The van der Waals surface area contributed by atoms with Crippen molar-refractivity contribution in [2.75, 3.05) is 6.54 Å². The van der Waals surface area contributed by atoms with Crippen LogP contribution in [0.4, 0.5) is 0 Å². The Morgan fingerprint density at radius 2 is 2.29 bits per heavy atom. The van der Waals surface area contributed by atoms with E-state index in [1.807, 2.05) is 11.3 Å². The zero-order valence-corrected chi connectivity index (χ0v) is 10.0. The van der Waals surface area contributed by atoms with Crippen molar-refractivity contribution in [3.05, 3.63) is 20.3 Å². The van der Waals surface area contributed by atoms with Crippen LogP contribution >= 0.6 is 22.9 Å². The molecule has 0 fully saturated rings. The summed E-state index contributed by atoms with van der Waals surface area (Å²) in [6.45, 7) is 2.97. The molecule has 1 aromatic heterocycles. The van der Waals surface area contributed by atoms with Crippen LogP contribution in [-0.4, -0.2) is 6.54 Å². The van der Waals surface area contributed by atoms with Gasteiger partial charge in [0.2, 0.25) is 0 Å². The van der Waals surface area contributed by atoms with Crippen LogP contribution < -0.4 is 5.73 Å². The summed E-state index contributed by atoms with van der Waals surface area (Å²) >= 11 is 8.28. The summed E-state index contributed by atoms with van der Waals surface area (Å²) in [6.07, 6.45) is 4.74. The molecular weight excluding hydrogens is 214 g/mol. The molecule has 1 aliphatic carbocycles. The highest BCUT2D eigenvalue weighted by atomic mass is 35.5. The summed E-state index contributed by atoms with van der Waals surface area (Å²) in [6, 6.07) is 0. The second-order valence-corrected chi connectivity index (χ2v) is 5.53. The van der Waals surface area contributed by atoms with Gasteiger partial charge >= 0.3 is 0 Å². The van der Waals surface area contributed by atoms with Crippen LogP contribution in [0.5, 0.6) is 0 Å². The molecule has 2 rings (SSSR count). The van der Waals surface area contributed by atoms with Crippen molar-refractivity contribution in [3.8, 4) is 0 Å². The summed E-state index contributed by atoms with van der Waals surface area (Å²) in [4.78, 5) is 2.88. The average molecular weight is 230 g/mol. The monoisotopic (exact) mass is 229 g/mol. The highest BCUT2D eigenvalue weighted by Gasteiger charge is 2.23. The first kappa shape index (κ1) is 10.5. The van der Waals surface area contributed by atoms with E-state index in [4.69, 9.17) is 17.3 Å². The first-order valence-electron chi connectivity index (χ1n) is 5.24. The Hall–Kier alpha value is -0.0500. The van der Waals surface area contributed by atoms with E-state index in [9.17, 15) is 0 Å². The normalized spacial score (nSPS) is 17.1. The summed E-state index contributed by atoms with van der Waals surface area (Å²) in [7, 11) is 0. The second kappa shape index (κ2) is 4.21. The summed E-state index contributed by atoms with van der Waals surface area (Å²) in [5, 5.41) is 1.04. The van der Waals surface area contributed by atoms with E-state index in [-0.39, 0.29) is 0 Å². The quantitative estimate of drug-likeness (QED) is 0.846. The van der Waals surface area contributed by atoms with E-state index in [1.165, 1.54) is 34.6 Å². The average Bonchev–Trinajstić information content (AvgIpc) is 2.69. The molecule has 0 radical (unpaired) electrons. The molecule has 0 aromatic carbocycles. The second-order valence-electron chi connectivity index (χ2n) is 4.01. The number of fused-ring (bicyclic) bond motifs is 1. The van der Waals surface area contributed by atoms with Crippen LogP contribution in [0, 0.1) is 0 Å². The zero-order valence-electron chi connectivity index (χ0n) is 8.48. The molecule has 0 spiro atoms. The predicted octanol–water partition coefficient (Wildman–Crippen LogP) is 3.34. The lowest BCUT2D eigenvalue weighted by molar-refractivity contribution is 0.701. The molecule has 1 heterocycles. The third-order valence-electron chi connectivity index (χ3n) is 2.93. The largest absolute Gasteiger partial charge is 0.330 e. The lowest BCUT2D eigenvalue weighted by Crippen LogP contribution is -2.03. The Kier molecular flexibility index (Phi) is 3.15. The van der Waals surface area contributed by atoms with Gasteiger partial charge in [0.1, 0.15) is 0 Å². The van der Waals surface area contributed by atoms with Crippen molar-refractivity contribution < 1.29 is 0 Å². The fourth-order valence-electron chi connectivity index (χ4n) is 2.09. The maximum atomic E-state index is 6.37. The molecule has 3 heteroatoms. The van der Waals surface area contributed by atoms with E-state index in [1.54, 1.807) is 0 Å². The van der Waals surface area contributed by atoms with Crippen molar-refractivity contribution in [1.82, 2.24) is 0 Å². The highest BCUT2D eigenvalue weighted by Crippen LogP contribution is 2.42. The van der Waals surface area contributed by atoms with Crippen LogP contribution in [0.2, 0.25) is 5.02 Å². The Morgan fingerprint density at radius 1 is 1.50 bits per heavy atom. The van der Waals surface area contributed by atoms with Crippen LogP contribution in [-0.2, 0) is 12.8 Å². The Bertz CT molecular complexity index is 332. The number of halogens is 1. The Balaban J connectivity index is 2.27. The molecule has 2 N–H and O–H groups in total. The molecule has 0 aliphatic heterocycles. The van der Waals surface area contributed by atoms with Crippen molar-refractivity contribution in [2.45, 2.75) is 38.5 Å². The van der Waals surface area contributed by atoms with Crippen LogP contribution in [0.15, 0.2) is 0 Å². The predicted molar refractivity (Wildman–Crippen MR) is 63.4 cm³/mol. The minimum atomic E-state index is 0.531. The van der Waals surface area contributed by atoms with Crippen molar-refractivity contribution in [1.29, 1.82) is 0 Å². The van der Waals surface area contributed by atoms with Crippen LogP contribution in [0.25, 0.3) is 0 Å². The molecule has 1 nitrogen and oxygen atoms in total. The van der Waals surface area contributed by atoms with Gasteiger partial charge in [-0.25, -0.2) is 0 Å². The smallest absolute Gasteiger partial charge is 0.0582 e. The lowest BCUT2D eigenvalue weighted by atomic mass is 10.1. The number of rotatable bonds is 3. The Morgan fingerprint density at radius 3 is 2.93 bits per heavy atom. The van der Waals surface area contributed by atoms with Gasteiger partial charge in [0.05, 0.1) is 5.02 Å². The number of nitrogens with two attached hydrogens (primary N) is 1. The van der Waals surface area contributed by atoms with Gasteiger partial charge < -0.3 is 5.73 Å². The minimum Gasteiger partial charge on any atom is -0.330 e. The van der Waals surface area contributed by atoms with Gasteiger partial charge in [0, 0.05) is 9.75 Å².